The predicted molar refractivity (Wildman–Crippen MR) is 82.0 cm³/mol. The molecule has 1 unspecified atom stereocenters. The molecule has 2 aromatic rings. The monoisotopic (exact) mass is 359 g/mol. The van der Waals surface area contributed by atoms with E-state index in [-0.39, 0.29) is 16.6 Å². The molecule has 2 aromatic heterocycles. The zero-order valence-electron chi connectivity index (χ0n) is 13.4. The van der Waals surface area contributed by atoms with Crippen LogP contribution in [-0.4, -0.2) is 38.8 Å². The fraction of sp³-hybridized carbons (Fsp3) is 0.571. The second-order valence-corrected chi connectivity index (χ2v) is 7.52. The molecule has 0 N–H and O–H groups in total. The van der Waals surface area contributed by atoms with Crippen molar-refractivity contribution in [2.45, 2.75) is 50.7 Å². The molecule has 1 saturated heterocycles. The summed E-state index contributed by atoms with van der Waals surface area (Å²) in [5, 5.41) is 7.71. The second-order valence-electron chi connectivity index (χ2n) is 5.66. The number of rotatable bonds is 5. The summed E-state index contributed by atoms with van der Waals surface area (Å²) >= 11 is 0. The lowest BCUT2D eigenvalue weighted by molar-refractivity contribution is 0.0541. The first kappa shape index (κ1) is 17.0. The molecule has 0 aliphatic carbocycles. The van der Waals surface area contributed by atoms with Gasteiger partial charge in [-0.25, -0.2) is 13.1 Å². The third-order valence-electron chi connectivity index (χ3n) is 4.37. The summed E-state index contributed by atoms with van der Waals surface area (Å²) in [5.74, 6) is 0. The zero-order chi connectivity index (χ0) is 17.5. The van der Waals surface area contributed by atoms with Gasteiger partial charge in [-0.1, -0.05) is 0 Å². The van der Waals surface area contributed by atoms with Crippen LogP contribution in [0.4, 0.5) is 8.78 Å². The van der Waals surface area contributed by atoms with Gasteiger partial charge in [-0.2, -0.15) is 23.3 Å². The molecule has 1 aliphatic rings. The Bertz CT molecular complexity index is 830. The number of aromatic nitrogens is 4. The number of alkyl halides is 2. The van der Waals surface area contributed by atoms with Crippen molar-refractivity contribution in [3.63, 3.8) is 0 Å². The van der Waals surface area contributed by atoms with Crippen molar-refractivity contribution in [3.05, 3.63) is 29.8 Å². The molecule has 0 radical (unpaired) electrons. The van der Waals surface area contributed by atoms with Crippen molar-refractivity contribution in [1.29, 1.82) is 0 Å². The van der Waals surface area contributed by atoms with Gasteiger partial charge in [0.2, 0.25) is 10.0 Å². The normalized spacial score (nSPS) is 19.5. The number of sulfonamides is 1. The summed E-state index contributed by atoms with van der Waals surface area (Å²) in [5.41, 5.74) is 0.761. The van der Waals surface area contributed by atoms with Crippen molar-refractivity contribution >= 4 is 10.0 Å². The lowest BCUT2D eigenvalue weighted by Gasteiger charge is -2.24. The lowest BCUT2D eigenvalue weighted by Crippen LogP contribution is -2.32. The van der Waals surface area contributed by atoms with Gasteiger partial charge in [0.25, 0.3) is 0 Å². The van der Waals surface area contributed by atoms with Gasteiger partial charge in [0, 0.05) is 19.3 Å². The number of aryl methyl sites for hydroxylation is 1. The van der Waals surface area contributed by atoms with Gasteiger partial charge in [-0.15, -0.1) is 0 Å². The first-order valence-electron chi connectivity index (χ1n) is 7.73. The Balaban J connectivity index is 2.00. The third kappa shape index (κ3) is 2.63. The third-order valence-corrected chi connectivity index (χ3v) is 6.38. The lowest BCUT2D eigenvalue weighted by atomic mass is 10.1. The van der Waals surface area contributed by atoms with Crippen LogP contribution in [0.3, 0.4) is 0 Å². The van der Waals surface area contributed by atoms with Crippen LogP contribution in [0.2, 0.25) is 0 Å². The Kier molecular flexibility index (Phi) is 4.43. The molecule has 1 fully saturated rings. The van der Waals surface area contributed by atoms with E-state index in [9.17, 15) is 17.2 Å². The Morgan fingerprint density at radius 1 is 1.38 bits per heavy atom. The summed E-state index contributed by atoms with van der Waals surface area (Å²) in [6.07, 6.45) is 4.03. The second kappa shape index (κ2) is 6.25. The smallest absolute Gasteiger partial charge is 0.268 e. The highest BCUT2D eigenvalue weighted by Gasteiger charge is 2.39. The molecule has 7 nitrogen and oxygen atoms in total. The van der Waals surface area contributed by atoms with Gasteiger partial charge in [0.1, 0.15) is 4.90 Å². The largest absolute Gasteiger partial charge is 0.333 e. The fourth-order valence-electron chi connectivity index (χ4n) is 3.20. The molecule has 0 spiro atoms. The Morgan fingerprint density at radius 2 is 2.12 bits per heavy atom. The number of hydrogen-bond donors (Lipinski definition) is 0. The number of nitrogens with zero attached hydrogens (tertiary/aromatic N) is 5. The minimum atomic E-state index is -3.91. The summed E-state index contributed by atoms with van der Waals surface area (Å²) in [6.45, 7) is 1.38. The number of hydrogen-bond acceptors (Lipinski definition) is 4. The van der Waals surface area contributed by atoms with Crippen molar-refractivity contribution in [1.82, 2.24) is 23.9 Å². The van der Waals surface area contributed by atoms with E-state index >= 15 is 0 Å². The van der Waals surface area contributed by atoms with Gasteiger partial charge >= 0.3 is 6.55 Å². The Labute approximate surface area is 138 Å². The molecule has 3 rings (SSSR count). The molecular weight excluding hydrogens is 340 g/mol. The standard InChI is InChI=1S/C14H19F2N5O2S/c1-3-19-11(6-7-17-19)12-5-4-8-20(12)24(22,23)13-9-18-21(10(13)2)14(15)16/h6-7,9,12,14H,3-5,8H2,1-2H3. The van der Waals surface area contributed by atoms with Crippen LogP contribution in [0.25, 0.3) is 0 Å². The van der Waals surface area contributed by atoms with Crippen LogP contribution < -0.4 is 0 Å². The highest BCUT2D eigenvalue weighted by Crippen LogP contribution is 2.37. The average Bonchev–Trinajstić information content (AvgIpc) is 3.24. The topological polar surface area (TPSA) is 73.0 Å². The summed E-state index contributed by atoms with van der Waals surface area (Å²) in [7, 11) is -3.91. The average molecular weight is 359 g/mol. The van der Waals surface area contributed by atoms with Crippen LogP contribution in [-0.2, 0) is 16.6 Å². The molecule has 132 valence electrons. The van der Waals surface area contributed by atoms with Gasteiger partial charge in [-0.3, -0.25) is 4.68 Å². The zero-order valence-corrected chi connectivity index (χ0v) is 14.2. The van der Waals surface area contributed by atoms with Crippen LogP contribution in [0, 0.1) is 6.92 Å². The molecule has 10 heteroatoms. The van der Waals surface area contributed by atoms with E-state index in [1.54, 1.807) is 16.9 Å². The van der Waals surface area contributed by atoms with Crippen molar-refractivity contribution < 1.29 is 17.2 Å². The van der Waals surface area contributed by atoms with Gasteiger partial charge < -0.3 is 0 Å². The van der Waals surface area contributed by atoms with E-state index in [1.165, 1.54) is 11.2 Å². The minimum Gasteiger partial charge on any atom is -0.268 e. The van der Waals surface area contributed by atoms with Crippen LogP contribution in [0.5, 0.6) is 0 Å². The Hall–Kier alpha value is -1.81. The van der Waals surface area contributed by atoms with Crippen molar-refractivity contribution in [2.75, 3.05) is 6.54 Å². The molecule has 0 amide bonds. The van der Waals surface area contributed by atoms with E-state index in [0.717, 1.165) is 11.9 Å². The van der Waals surface area contributed by atoms with Crippen LogP contribution in [0.1, 0.15) is 43.7 Å². The highest BCUT2D eigenvalue weighted by atomic mass is 32.2. The number of halogens is 2. The molecule has 0 aromatic carbocycles. The van der Waals surface area contributed by atoms with Gasteiger partial charge in [0.15, 0.2) is 0 Å². The summed E-state index contributed by atoms with van der Waals surface area (Å²) < 4.78 is 55.3. The SMILES string of the molecule is CCn1nccc1C1CCCN1S(=O)(=O)c1cnn(C(F)F)c1C. The van der Waals surface area contributed by atoms with Crippen molar-refractivity contribution in [3.8, 4) is 0 Å². The van der Waals surface area contributed by atoms with E-state index in [0.29, 0.717) is 30.6 Å². The maximum atomic E-state index is 13.0. The molecule has 3 heterocycles. The van der Waals surface area contributed by atoms with Gasteiger partial charge in [-0.05, 0) is 32.8 Å². The maximum absolute atomic E-state index is 13.0. The Morgan fingerprint density at radius 3 is 2.75 bits per heavy atom. The van der Waals surface area contributed by atoms with E-state index in [2.05, 4.69) is 10.2 Å². The molecule has 0 saturated carbocycles. The van der Waals surface area contributed by atoms with Crippen molar-refractivity contribution in [2.24, 2.45) is 0 Å². The van der Waals surface area contributed by atoms with Crippen LogP contribution in [0.15, 0.2) is 23.4 Å². The molecule has 1 aliphatic heterocycles. The predicted octanol–water partition coefficient (Wildman–Crippen LogP) is 2.33. The van der Waals surface area contributed by atoms with E-state index in [1.807, 2.05) is 6.92 Å². The fourth-order valence-corrected chi connectivity index (χ4v) is 5.02. The molecule has 0 bridgehead atoms. The van der Waals surface area contributed by atoms with E-state index in [4.69, 9.17) is 0 Å². The highest BCUT2D eigenvalue weighted by molar-refractivity contribution is 7.89. The van der Waals surface area contributed by atoms with Gasteiger partial charge in [0.05, 0.1) is 23.6 Å². The molecular formula is C14H19F2N5O2S. The first-order chi connectivity index (χ1) is 11.4. The maximum Gasteiger partial charge on any atom is 0.333 e. The van der Waals surface area contributed by atoms with Crippen LogP contribution >= 0.6 is 0 Å². The molecule has 24 heavy (non-hydrogen) atoms. The minimum absolute atomic E-state index is 0.0559. The summed E-state index contributed by atoms with van der Waals surface area (Å²) in [4.78, 5) is -0.169. The van der Waals surface area contributed by atoms with E-state index < -0.39 is 16.6 Å². The summed E-state index contributed by atoms with van der Waals surface area (Å²) in [6, 6.07) is 1.46. The molecule has 1 atom stereocenters. The first-order valence-corrected chi connectivity index (χ1v) is 9.17. The quantitative estimate of drug-likeness (QED) is 0.821.